The molecule has 10 nitrogen and oxygen atoms in total. The number of methoxy groups -OCH3 is 2. The van der Waals surface area contributed by atoms with Crippen molar-refractivity contribution in [2.24, 2.45) is 0 Å². The molecule has 0 unspecified atom stereocenters. The first-order valence-electron chi connectivity index (χ1n) is 15.2. The van der Waals surface area contributed by atoms with E-state index in [1.165, 1.54) is 20.3 Å². The number of ether oxygens (including phenoxy) is 2. The third-order valence-electron chi connectivity index (χ3n) is 7.78. The van der Waals surface area contributed by atoms with Gasteiger partial charge in [0.15, 0.2) is 0 Å². The number of anilines is 2. The Hall–Kier alpha value is -4.12. The fourth-order valence-corrected chi connectivity index (χ4v) is 5.85. The predicted octanol–water partition coefficient (Wildman–Crippen LogP) is 6.68. The van der Waals surface area contributed by atoms with Crippen molar-refractivity contribution in [3.05, 3.63) is 81.2 Å². The number of hydrogen-bond acceptors (Lipinski definition) is 8. The van der Waals surface area contributed by atoms with E-state index in [0.717, 1.165) is 38.0 Å². The van der Waals surface area contributed by atoms with Crippen LogP contribution in [0, 0.1) is 0 Å². The van der Waals surface area contributed by atoms with Gasteiger partial charge in [0.05, 0.1) is 29.8 Å². The number of nitrogens with one attached hydrogen (secondary N) is 2. The molecule has 2 heterocycles. The Morgan fingerprint density at radius 2 is 1.72 bits per heavy atom. The number of pyridine rings is 1. The fourth-order valence-electron chi connectivity index (χ4n) is 5.14. The van der Waals surface area contributed by atoms with Crippen molar-refractivity contribution < 1.29 is 14.3 Å². The molecule has 0 bridgehead atoms. The number of benzene rings is 2. The van der Waals surface area contributed by atoms with Crippen molar-refractivity contribution in [3.63, 3.8) is 0 Å². The molecule has 2 aromatic heterocycles. The van der Waals surface area contributed by atoms with E-state index in [2.05, 4.69) is 40.9 Å². The van der Waals surface area contributed by atoms with Crippen LogP contribution < -0.4 is 25.7 Å². The molecule has 0 aliphatic carbocycles. The van der Waals surface area contributed by atoms with Crippen LogP contribution in [0.3, 0.4) is 0 Å². The van der Waals surface area contributed by atoms with E-state index in [1.807, 2.05) is 12.1 Å². The maximum absolute atomic E-state index is 14.3. The van der Waals surface area contributed by atoms with Gasteiger partial charge >= 0.3 is 0 Å². The first-order chi connectivity index (χ1) is 22.2. The molecular formula is C34H40Cl2N6O4. The first kappa shape index (κ1) is 34.7. The molecule has 12 heteroatoms. The van der Waals surface area contributed by atoms with E-state index in [9.17, 15) is 9.59 Å². The summed E-state index contributed by atoms with van der Waals surface area (Å²) in [4.78, 5) is 37.7. The summed E-state index contributed by atoms with van der Waals surface area (Å²) in [6, 6.07) is 10.7. The summed E-state index contributed by atoms with van der Waals surface area (Å²) in [5, 5.41) is 7.08. The van der Waals surface area contributed by atoms with Crippen LogP contribution in [0.2, 0.25) is 10.0 Å². The summed E-state index contributed by atoms with van der Waals surface area (Å²) >= 11 is 13.5. The van der Waals surface area contributed by atoms with Crippen molar-refractivity contribution in [2.75, 3.05) is 51.0 Å². The second kappa shape index (κ2) is 16.4. The molecule has 0 spiro atoms. The number of hydrogen-bond donors (Lipinski definition) is 2. The standard InChI is InChI=1S/C34H40Cl2N6O4/c1-6-28(43)39-24-13-11-22(12-14-24)15-18-42-32-23(21-38-34(40-32)37-16-9-10-17-41(7-2)8-3)19-25(33(42)44)29-30(35)26(45-4)20-27(46-5)31(29)36/h6,11-14,19-21H,1,7-10,15-18H2,2-5H3,(H,39,43)(H,37,38,40). The Morgan fingerprint density at radius 3 is 2.33 bits per heavy atom. The summed E-state index contributed by atoms with van der Waals surface area (Å²) in [7, 11) is 2.97. The third-order valence-corrected chi connectivity index (χ3v) is 8.53. The van der Waals surface area contributed by atoms with Gasteiger partial charge in [0.25, 0.3) is 5.56 Å². The normalized spacial score (nSPS) is 11.1. The largest absolute Gasteiger partial charge is 0.495 e. The van der Waals surface area contributed by atoms with Gasteiger partial charge < -0.3 is 25.0 Å². The van der Waals surface area contributed by atoms with Crippen molar-refractivity contribution in [3.8, 4) is 22.6 Å². The van der Waals surface area contributed by atoms with Crippen molar-refractivity contribution in [1.82, 2.24) is 19.4 Å². The van der Waals surface area contributed by atoms with Gasteiger partial charge in [-0.2, -0.15) is 4.98 Å². The van der Waals surface area contributed by atoms with Gasteiger partial charge in [0.1, 0.15) is 17.1 Å². The van der Waals surface area contributed by atoms with Crippen LogP contribution in [0.15, 0.2) is 60.0 Å². The number of rotatable bonds is 16. The van der Waals surface area contributed by atoms with E-state index in [4.69, 9.17) is 37.7 Å². The van der Waals surface area contributed by atoms with Crippen molar-refractivity contribution in [1.29, 1.82) is 0 Å². The smallest absolute Gasteiger partial charge is 0.260 e. The minimum absolute atomic E-state index is 0.192. The topological polar surface area (TPSA) is 111 Å². The highest BCUT2D eigenvalue weighted by Gasteiger charge is 2.23. The highest BCUT2D eigenvalue weighted by Crippen LogP contribution is 2.45. The summed E-state index contributed by atoms with van der Waals surface area (Å²) in [5.74, 6) is 0.800. The van der Waals surface area contributed by atoms with Crippen LogP contribution in [-0.2, 0) is 17.8 Å². The van der Waals surface area contributed by atoms with Gasteiger partial charge in [0, 0.05) is 42.0 Å². The Kier molecular flexibility index (Phi) is 12.4. The third kappa shape index (κ3) is 8.17. The van der Waals surface area contributed by atoms with E-state index in [0.29, 0.717) is 59.2 Å². The molecule has 1 amide bonds. The van der Waals surface area contributed by atoms with Crippen LogP contribution in [-0.4, -0.2) is 65.7 Å². The van der Waals surface area contributed by atoms with Gasteiger partial charge in [0.2, 0.25) is 11.9 Å². The van der Waals surface area contributed by atoms with E-state index < -0.39 is 0 Å². The van der Waals surface area contributed by atoms with Crippen molar-refractivity contribution in [2.45, 2.75) is 39.7 Å². The second-order valence-electron chi connectivity index (χ2n) is 10.6. The van der Waals surface area contributed by atoms with Gasteiger partial charge in [-0.05, 0) is 68.7 Å². The fraction of sp³-hybridized carbons (Fsp3) is 0.353. The highest BCUT2D eigenvalue weighted by atomic mass is 35.5. The second-order valence-corrected chi connectivity index (χ2v) is 11.3. The van der Waals surface area contributed by atoms with Crippen LogP contribution in [0.25, 0.3) is 22.2 Å². The van der Waals surface area contributed by atoms with E-state index in [1.54, 1.807) is 35.0 Å². The molecule has 0 fully saturated rings. The maximum Gasteiger partial charge on any atom is 0.260 e. The minimum atomic E-state index is -0.328. The predicted molar refractivity (Wildman–Crippen MR) is 187 cm³/mol. The molecular weight excluding hydrogens is 627 g/mol. The number of fused-ring (bicyclic) bond motifs is 1. The summed E-state index contributed by atoms with van der Waals surface area (Å²) in [5.41, 5.74) is 2.33. The molecule has 244 valence electrons. The first-order valence-corrected chi connectivity index (χ1v) is 16.0. The molecule has 0 aliphatic heterocycles. The number of carbonyl (C=O) groups is 1. The molecule has 0 saturated heterocycles. The zero-order valence-corrected chi connectivity index (χ0v) is 28.2. The Bertz CT molecular complexity index is 1710. The van der Waals surface area contributed by atoms with E-state index in [-0.39, 0.29) is 27.1 Å². The Labute approximate surface area is 279 Å². The maximum atomic E-state index is 14.3. The van der Waals surface area contributed by atoms with Gasteiger partial charge in [-0.15, -0.1) is 0 Å². The van der Waals surface area contributed by atoms with Gasteiger partial charge in [-0.1, -0.05) is 55.8 Å². The van der Waals surface area contributed by atoms with Gasteiger partial charge in [-0.3, -0.25) is 14.2 Å². The minimum Gasteiger partial charge on any atom is -0.495 e. The molecule has 2 N–H and O–H groups in total. The number of nitrogens with zero attached hydrogens (tertiary/aromatic N) is 4. The monoisotopic (exact) mass is 666 g/mol. The molecule has 0 radical (unpaired) electrons. The number of halogens is 2. The lowest BCUT2D eigenvalue weighted by atomic mass is 10.0. The number of unbranched alkanes of at least 4 members (excludes halogenated alkanes) is 1. The lowest BCUT2D eigenvalue weighted by molar-refractivity contribution is -0.111. The van der Waals surface area contributed by atoms with Crippen LogP contribution in [0.1, 0.15) is 32.3 Å². The Balaban J connectivity index is 1.72. The molecule has 0 saturated carbocycles. The van der Waals surface area contributed by atoms with E-state index >= 15 is 0 Å². The average molecular weight is 668 g/mol. The number of aromatic nitrogens is 3. The molecule has 0 aliphatic rings. The van der Waals surface area contributed by atoms with Crippen LogP contribution in [0.5, 0.6) is 11.5 Å². The summed E-state index contributed by atoms with van der Waals surface area (Å²) in [6.07, 6.45) is 5.43. The van der Waals surface area contributed by atoms with Crippen molar-refractivity contribution >= 4 is 51.8 Å². The SMILES string of the molecule is C=CC(=O)Nc1ccc(CCn2c(=O)c(-c3c(Cl)c(OC)cc(OC)c3Cl)cc3cnc(NCCCCN(CC)CC)nc32)cc1. The number of aryl methyl sites for hydroxylation is 2. The van der Waals surface area contributed by atoms with Crippen LogP contribution in [0.4, 0.5) is 11.6 Å². The lowest BCUT2D eigenvalue weighted by Gasteiger charge is -2.18. The van der Waals surface area contributed by atoms with Crippen LogP contribution >= 0.6 is 23.2 Å². The average Bonchev–Trinajstić information content (AvgIpc) is 3.07. The number of carbonyl (C=O) groups excluding carboxylic acids is 1. The van der Waals surface area contributed by atoms with Gasteiger partial charge in [-0.25, -0.2) is 4.98 Å². The zero-order valence-electron chi connectivity index (χ0n) is 26.7. The highest BCUT2D eigenvalue weighted by molar-refractivity contribution is 6.41. The zero-order chi connectivity index (χ0) is 33.2. The molecule has 4 aromatic rings. The molecule has 4 rings (SSSR count). The molecule has 0 atom stereocenters. The number of amides is 1. The lowest BCUT2D eigenvalue weighted by Crippen LogP contribution is -2.25. The summed E-state index contributed by atoms with van der Waals surface area (Å²) < 4.78 is 12.5. The summed E-state index contributed by atoms with van der Waals surface area (Å²) in [6.45, 7) is 11.9. The Morgan fingerprint density at radius 1 is 1.04 bits per heavy atom. The quantitative estimate of drug-likeness (QED) is 0.101. The molecule has 46 heavy (non-hydrogen) atoms. The molecule has 2 aromatic carbocycles.